The van der Waals surface area contributed by atoms with Crippen molar-refractivity contribution < 1.29 is 4.79 Å². The second-order valence-electron chi connectivity index (χ2n) is 5.90. The van der Waals surface area contributed by atoms with E-state index in [0.29, 0.717) is 6.54 Å². The second kappa shape index (κ2) is 7.62. The summed E-state index contributed by atoms with van der Waals surface area (Å²) in [5.41, 5.74) is 1.27. The molecule has 122 valence electrons. The first-order valence-electron chi connectivity index (χ1n) is 8.07. The summed E-state index contributed by atoms with van der Waals surface area (Å²) in [6, 6.07) is 14.6. The fraction of sp³-hybridized carbons (Fsp3) is 0.389. The minimum Gasteiger partial charge on any atom is -0.369 e. The minimum atomic E-state index is 0.0908. The van der Waals surface area contributed by atoms with Crippen LogP contribution in [0.2, 0.25) is 0 Å². The Morgan fingerprint density at radius 3 is 2.52 bits per heavy atom. The minimum absolute atomic E-state index is 0.0908. The van der Waals surface area contributed by atoms with Gasteiger partial charge in [0.05, 0.1) is 12.6 Å². The number of carbonyl (C=O) groups excluding carboxylic acids is 1. The van der Waals surface area contributed by atoms with Crippen LogP contribution in [0.1, 0.15) is 17.8 Å². The van der Waals surface area contributed by atoms with Crippen molar-refractivity contribution >= 4 is 22.9 Å². The predicted octanol–water partition coefficient (Wildman–Crippen LogP) is 2.75. The van der Waals surface area contributed by atoms with E-state index in [1.807, 2.05) is 24.4 Å². The molecule has 23 heavy (non-hydrogen) atoms. The van der Waals surface area contributed by atoms with Crippen LogP contribution in [0, 0.1) is 0 Å². The third kappa shape index (κ3) is 4.33. The van der Waals surface area contributed by atoms with E-state index in [1.165, 1.54) is 10.6 Å². The number of amides is 1. The van der Waals surface area contributed by atoms with E-state index < -0.39 is 0 Å². The van der Waals surface area contributed by atoms with Crippen LogP contribution < -0.4 is 10.2 Å². The molecule has 2 aromatic rings. The van der Waals surface area contributed by atoms with Gasteiger partial charge >= 0.3 is 0 Å². The number of hydrogen-bond acceptors (Lipinski definition) is 4. The molecule has 1 aliphatic rings. The van der Waals surface area contributed by atoms with E-state index in [4.69, 9.17) is 0 Å². The lowest BCUT2D eigenvalue weighted by Gasteiger charge is -2.35. The number of thiophene rings is 1. The Bertz CT molecular complexity index is 606. The molecule has 4 nitrogen and oxygen atoms in total. The summed E-state index contributed by atoms with van der Waals surface area (Å²) in [5, 5.41) is 5.13. The Morgan fingerprint density at radius 1 is 1.13 bits per heavy atom. The number of piperazine rings is 1. The Morgan fingerprint density at radius 2 is 1.87 bits per heavy atom. The van der Waals surface area contributed by atoms with Gasteiger partial charge in [-0.15, -0.1) is 11.3 Å². The predicted molar refractivity (Wildman–Crippen MR) is 96.0 cm³/mol. The van der Waals surface area contributed by atoms with E-state index in [0.717, 1.165) is 26.2 Å². The molecule has 1 amide bonds. The summed E-state index contributed by atoms with van der Waals surface area (Å²) >= 11 is 1.68. The Balaban J connectivity index is 1.44. The summed E-state index contributed by atoms with van der Waals surface area (Å²) in [6.07, 6.45) is 0. The molecule has 0 unspecified atom stereocenters. The summed E-state index contributed by atoms with van der Waals surface area (Å²) in [6.45, 7) is 6.32. The van der Waals surface area contributed by atoms with Gasteiger partial charge < -0.3 is 10.2 Å². The number of nitrogens with zero attached hydrogens (tertiary/aromatic N) is 2. The van der Waals surface area contributed by atoms with Crippen LogP contribution >= 0.6 is 11.3 Å². The van der Waals surface area contributed by atoms with E-state index in [9.17, 15) is 4.79 Å². The van der Waals surface area contributed by atoms with Gasteiger partial charge in [0.1, 0.15) is 0 Å². The molecule has 5 heteroatoms. The molecule has 1 atom stereocenters. The van der Waals surface area contributed by atoms with Crippen LogP contribution in [0.4, 0.5) is 5.69 Å². The first kappa shape index (κ1) is 16.0. The maximum atomic E-state index is 12.2. The zero-order valence-corrected chi connectivity index (χ0v) is 14.3. The van der Waals surface area contributed by atoms with Crippen molar-refractivity contribution in [1.82, 2.24) is 10.2 Å². The highest BCUT2D eigenvalue weighted by Gasteiger charge is 2.20. The summed E-state index contributed by atoms with van der Waals surface area (Å²) in [7, 11) is 0. The van der Waals surface area contributed by atoms with E-state index in [2.05, 4.69) is 45.4 Å². The van der Waals surface area contributed by atoms with Crippen LogP contribution in [0.3, 0.4) is 0 Å². The van der Waals surface area contributed by atoms with Crippen LogP contribution in [0.15, 0.2) is 47.8 Å². The molecular weight excluding hydrogens is 306 g/mol. The molecule has 3 rings (SSSR count). The van der Waals surface area contributed by atoms with E-state index >= 15 is 0 Å². The van der Waals surface area contributed by atoms with Crippen LogP contribution in [0.5, 0.6) is 0 Å². The number of hydrogen-bond donors (Lipinski definition) is 1. The average Bonchev–Trinajstić information content (AvgIpc) is 3.11. The highest BCUT2D eigenvalue weighted by Crippen LogP contribution is 2.18. The second-order valence-corrected chi connectivity index (χ2v) is 6.88. The summed E-state index contributed by atoms with van der Waals surface area (Å²) in [4.78, 5) is 18.0. The quantitative estimate of drug-likeness (QED) is 0.916. The van der Waals surface area contributed by atoms with Crippen LogP contribution in [-0.2, 0) is 4.79 Å². The molecule has 0 saturated carbocycles. The van der Waals surface area contributed by atoms with Gasteiger partial charge in [-0.05, 0) is 30.5 Å². The highest BCUT2D eigenvalue weighted by atomic mass is 32.1. The topological polar surface area (TPSA) is 35.6 Å². The molecular formula is C18H23N3OS. The third-order valence-corrected chi connectivity index (χ3v) is 5.26. The molecule has 0 aliphatic carbocycles. The molecule has 0 bridgehead atoms. The highest BCUT2D eigenvalue weighted by molar-refractivity contribution is 7.10. The maximum absolute atomic E-state index is 12.2. The van der Waals surface area contributed by atoms with Crippen molar-refractivity contribution in [2.24, 2.45) is 0 Å². The number of para-hydroxylation sites is 1. The zero-order chi connectivity index (χ0) is 16.1. The van der Waals surface area contributed by atoms with Gasteiger partial charge in [0.25, 0.3) is 0 Å². The van der Waals surface area contributed by atoms with E-state index in [1.54, 1.807) is 11.3 Å². The fourth-order valence-electron chi connectivity index (χ4n) is 2.90. The molecule has 1 aromatic heterocycles. The molecule has 1 aliphatic heterocycles. The summed E-state index contributed by atoms with van der Waals surface area (Å²) in [5.74, 6) is 0.110. The molecule has 1 aromatic carbocycles. The van der Waals surface area contributed by atoms with Gasteiger partial charge in [-0.1, -0.05) is 24.3 Å². The number of carbonyl (C=O) groups is 1. The molecule has 0 radical (unpaired) electrons. The normalized spacial score (nSPS) is 17.0. The monoisotopic (exact) mass is 329 g/mol. The van der Waals surface area contributed by atoms with Crippen molar-refractivity contribution in [2.45, 2.75) is 13.0 Å². The third-order valence-electron chi connectivity index (χ3n) is 4.21. The van der Waals surface area contributed by atoms with Gasteiger partial charge in [-0.25, -0.2) is 0 Å². The van der Waals surface area contributed by atoms with Crippen molar-refractivity contribution in [3.05, 3.63) is 52.7 Å². The van der Waals surface area contributed by atoms with Gasteiger partial charge in [-0.3, -0.25) is 9.69 Å². The lowest BCUT2D eigenvalue weighted by Crippen LogP contribution is -2.49. The number of benzene rings is 1. The lowest BCUT2D eigenvalue weighted by molar-refractivity contribution is -0.122. The number of rotatable bonds is 5. The Hall–Kier alpha value is -1.85. The van der Waals surface area contributed by atoms with Crippen molar-refractivity contribution in [1.29, 1.82) is 0 Å². The van der Waals surface area contributed by atoms with Gasteiger partial charge in [0.2, 0.25) is 5.91 Å². The van der Waals surface area contributed by atoms with Crippen molar-refractivity contribution in [2.75, 3.05) is 37.6 Å². The van der Waals surface area contributed by atoms with Crippen molar-refractivity contribution in [3.8, 4) is 0 Å². The zero-order valence-electron chi connectivity index (χ0n) is 13.4. The Kier molecular flexibility index (Phi) is 5.31. The molecule has 1 fully saturated rings. The smallest absolute Gasteiger partial charge is 0.234 e. The first-order chi connectivity index (χ1) is 11.2. The van der Waals surface area contributed by atoms with Crippen LogP contribution in [-0.4, -0.2) is 43.5 Å². The standard InChI is InChI=1S/C18H23N3OS/c1-15(17-8-5-13-23-17)19-18(22)14-20-9-11-21(12-10-20)16-6-3-2-4-7-16/h2-8,13,15H,9-12,14H2,1H3,(H,19,22)/t15-/m1/s1. The number of nitrogens with one attached hydrogen (secondary N) is 1. The van der Waals surface area contributed by atoms with Gasteiger partial charge in [0, 0.05) is 36.7 Å². The average molecular weight is 329 g/mol. The first-order valence-corrected chi connectivity index (χ1v) is 8.95. The fourth-order valence-corrected chi connectivity index (χ4v) is 3.64. The Labute approximate surface area is 141 Å². The number of anilines is 1. The van der Waals surface area contributed by atoms with Gasteiger partial charge in [0.15, 0.2) is 0 Å². The van der Waals surface area contributed by atoms with Gasteiger partial charge in [-0.2, -0.15) is 0 Å². The summed E-state index contributed by atoms with van der Waals surface area (Å²) < 4.78 is 0. The molecule has 1 N–H and O–H groups in total. The van der Waals surface area contributed by atoms with Crippen molar-refractivity contribution in [3.63, 3.8) is 0 Å². The van der Waals surface area contributed by atoms with E-state index in [-0.39, 0.29) is 11.9 Å². The molecule has 0 spiro atoms. The maximum Gasteiger partial charge on any atom is 0.234 e. The van der Waals surface area contributed by atoms with Crippen LogP contribution in [0.25, 0.3) is 0 Å². The SMILES string of the molecule is C[C@@H](NC(=O)CN1CCN(c2ccccc2)CC1)c1cccs1. The molecule has 2 heterocycles. The molecule has 1 saturated heterocycles. The largest absolute Gasteiger partial charge is 0.369 e. The lowest BCUT2D eigenvalue weighted by atomic mass is 10.2.